The summed E-state index contributed by atoms with van der Waals surface area (Å²) in [6, 6.07) is 4.38. The van der Waals surface area contributed by atoms with Crippen molar-refractivity contribution in [3.05, 3.63) is 12.1 Å². The molecule has 2 aromatic heterocycles. The van der Waals surface area contributed by atoms with Crippen molar-refractivity contribution in [2.45, 2.75) is 38.6 Å². The normalized spacial score (nSPS) is 23.1. The molecular formula is C13H21N7. The zero-order valence-corrected chi connectivity index (χ0v) is 11.8. The lowest BCUT2D eigenvalue weighted by Crippen LogP contribution is -2.45. The molecule has 3 rings (SSSR count). The molecule has 0 spiro atoms. The summed E-state index contributed by atoms with van der Waals surface area (Å²) in [5.74, 6) is 1.48. The molecule has 1 saturated carbocycles. The molecule has 7 nitrogen and oxygen atoms in total. The number of nitrogens with two attached hydrogens (primary N) is 1. The predicted octanol–water partition coefficient (Wildman–Crippen LogP) is 0.863. The second-order valence-electron chi connectivity index (χ2n) is 5.35. The monoisotopic (exact) mass is 275 g/mol. The first-order chi connectivity index (χ1) is 9.83. The molecule has 1 aliphatic rings. The zero-order chi connectivity index (χ0) is 13.9. The Balaban J connectivity index is 1.91. The second-order valence-corrected chi connectivity index (χ2v) is 5.35. The van der Waals surface area contributed by atoms with Crippen LogP contribution in [0.3, 0.4) is 0 Å². The minimum absolute atomic E-state index is 0.472. The van der Waals surface area contributed by atoms with E-state index < -0.39 is 0 Å². The van der Waals surface area contributed by atoms with Crippen LogP contribution in [-0.4, -0.2) is 44.4 Å². The number of aromatic nitrogens is 5. The summed E-state index contributed by atoms with van der Waals surface area (Å²) in [4.78, 5) is 2.35. The van der Waals surface area contributed by atoms with Crippen LogP contribution in [0.1, 0.15) is 32.6 Å². The maximum Gasteiger partial charge on any atom is 0.200 e. The molecular weight excluding hydrogens is 254 g/mol. The van der Waals surface area contributed by atoms with Crippen molar-refractivity contribution in [2.24, 2.45) is 11.7 Å². The lowest BCUT2D eigenvalue weighted by Gasteiger charge is -2.39. The van der Waals surface area contributed by atoms with Crippen molar-refractivity contribution >= 4 is 11.5 Å². The first-order valence-corrected chi connectivity index (χ1v) is 7.35. The van der Waals surface area contributed by atoms with E-state index in [1.54, 1.807) is 0 Å². The van der Waals surface area contributed by atoms with Crippen molar-refractivity contribution in [3.63, 3.8) is 0 Å². The molecule has 2 N–H and O–H groups in total. The van der Waals surface area contributed by atoms with Crippen LogP contribution in [0.4, 0.5) is 5.82 Å². The van der Waals surface area contributed by atoms with E-state index in [0.29, 0.717) is 17.6 Å². The van der Waals surface area contributed by atoms with Crippen LogP contribution >= 0.6 is 0 Å². The van der Waals surface area contributed by atoms with Crippen LogP contribution in [-0.2, 0) is 0 Å². The second kappa shape index (κ2) is 5.70. The first-order valence-electron chi connectivity index (χ1n) is 7.35. The van der Waals surface area contributed by atoms with Gasteiger partial charge in [-0.25, -0.2) is 0 Å². The van der Waals surface area contributed by atoms with E-state index in [0.717, 1.165) is 18.9 Å². The van der Waals surface area contributed by atoms with E-state index in [9.17, 15) is 0 Å². The summed E-state index contributed by atoms with van der Waals surface area (Å²) >= 11 is 0. The van der Waals surface area contributed by atoms with Gasteiger partial charge in [0.1, 0.15) is 0 Å². The van der Waals surface area contributed by atoms with Crippen molar-refractivity contribution in [2.75, 3.05) is 18.0 Å². The van der Waals surface area contributed by atoms with E-state index in [1.807, 2.05) is 12.1 Å². The highest BCUT2D eigenvalue weighted by Gasteiger charge is 2.29. The summed E-state index contributed by atoms with van der Waals surface area (Å²) in [6.45, 7) is 3.82. The third-order valence-electron chi connectivity index (χ3n) is 4.26. The molecule has 108 valence electrons. The van der Waals surface area contributed by atoms with Gasteiger partial charge in [0.05, 0.1) is 0 Å². The summed E-state index contributed by atoms with van der Waals surface area (Å²) in [6.07, 6.45) is 4.95. The van der Waals surface area contributed by atoms with Crippen LogP contribution in [0.25, 0.3) is 5.65 Å². The molecule has 2 unspecified atom stereocenters. The molecule has 20 heavy (non-hydrogen) atoms. The number of tetrazole rings is 1. The highest BCUT2D eigenvalue weighted by Crippen LogP contribution is 2.30. The average molecular weight is 275 g/mol. The number of fused-ring (bicyclic) bond motifs is 1. The minimum atomic E-state index is 0.472. The van der Waals surface area contributed by atoms with E-state index in [-0.39, 0.29) is 0 Å². The fraction of sp³-hybridized carbons (Fsp3) is 0.692. The van der Waals surface area contributed by atoms with Gasteiger partial charge in [-0.3, -0.25) is 0 Å². The smallest absolute Gasteiger partial charge is 0.200 e. The average Bonchev–Trinajstić information content (AvgIpc) is 2.96. The largest absolute Gasteiger partial charge is 0.352 e. The number of rotatable bonds is 4. The van der Waals surface area contributed by atoms with Gasteiger partial charge in [0.2, 0.25) is 0 Å². The molecule has 1 aliphatic carbocycles. The van der Waals surface area contributed by atoms with Crippen molar-refractivity contribution in [3.8, 4) is 0 Å². The van der Waals surface area contributed by atoms with Gasteiger partial charge in [0.15, 0.2) is 11.5 Å². The molecule has 2 heterocycles. The van der Waals surface area contributed by atoms with Gasteiger partial charge in [-0.2, -0.15) is 0 Å². The fourth-order valence-electron chi connectivity index (χ4n) is 3.23. The van der Waals surface area contributed by atoms with Crippen molar-refractivity contribution in [1.82, 2.24) is 25.3 Å². The minimum Gasteiger partial charge on any atom is -0.352 e. The summed E-state index contributed by atoms with van der Waals surface area (Å²) in [5, 5.41) is 15.9. The standard InChI is InChI=1S/C13H21N7/c1-2-19(11-6-4-3-5-10(11)9-14)13-8-7-12-15-17-18-20(12)16-13/h7-8,10-11H,2-6,9,14H2,1H3. The Morgan fingerprint density at radius 2 is 2.20 bits per heavy atom. The van der Waals surface area contributed by atoms with E-state index in [2.05, 4.69) is 32.4 Å². The van der Waals surface area contributed by atoms with Gasteiger partial charge in [0, 0.05) is 12.6 Å². The van der Waals surface area contributed by atoms with E-state index >= 15 is 0 Å². The lowest BCUT2D eigenvalue weighted by molar-refractivity contribution is 0.299. The Bertz CT molecular complexity index is 567. The number of anilines is 1. The lowest BCUT2D eigenvalue weighted by atomic mass is 9.83. The van der Waals surface area contributed by atoms with Crippen LogP contribution < -0.4 is 10.6 Å². The maximum atomic E-state index is 5.95. The molecule has 7 heteroatoms. The molecule has 0 radical (unpaired) electrons. The Morgan fingerprint density at radius 1 is 1.35 bits per heavy atom. The molecule has 0 saturated heterocycles. The molecule has 0 aliphatic heterocycles. The summed E-state index contributed by atoms with van der Waals surface area (Å²) in [7, 11) is 0. The summed E-state index contributed by atoms with van der Waals surface area (Å²) < 4.78 is 1.48. The van der Waals surface area contributed by atoms with Crippen LogP contribution in [0.5, 0.6) is 0 Å². The van der Waals surface area contributed by atoms with Gasteiger partial charge in [-0.1, -0.05) is 12.8 Å². The third-order valence-corrected chi connectivity index (χ3v) is 4.26. The Kier molecular flexibility index (Phi) is 3.77. The van der Waals surface area contributed by atoms with Gasteiger partial charge in [-0.05, 0) is 54.8 Å². The number of hydrogen-bond donors (Lipinski definition) is 1. The SMILES string of the molecule is CCN(c1ccc2nnnn2n1)C1CCCCC1CN. The third kappa shape index (κ3) is 2.33. The topological polar surface area (TPSA) is 85.2 Å². The Morgan fingerprint density at radius 3 is 3.00 bits per heavy atom. The van der Waals surface area contributed by atoms with Crippen LogP contribution in [0, 0.1) is 5.92 Å². The number of nitrogens with zero attached hydrogens (tertiary/aromatic N) is 6. The number of hydrogen-bond acceptors (Lipinski definition) is 6. The van der Waals surface area contributed by atoms with Gasteiger partial charge in [0.25, 0.3) is 0 Å². The first kappa shape index (κ1) is 13.2. The predicted molar refractivity (Wildman–Crippen MR) is 76.4 cm³/mol. The van der Waals surface area contributed by atoms with Crippen molar-refractivity contribution in [1.29, 1.82) is 0 Å². The maximum absolute atomic E-state index is 5.95. The highest BCUT2D eigenvalue weighted by molar-refractivity contribution is 5.45. The molecule has 2 atom stereocenters. The molecule has 2 aromatic rings. The Hall–Kier alpha value is -1.76. The molecule has 1 fully saturated rings. The van der Waals surface area contributed by atoms with E-state index in [4.69, 9.17) is 5.73 Å². The van der Waals surface area contributed by atoms with Gasteiger partial charge in [-0.15, -0.1) is 14.8 Å². The molecule has 0 amide bonds. The summed E-state index contributed by atoms with van der Waals surface area (Å²) in [5.41, 5.74) is 6.62. The Labute approximate surface area is 118 Å². The highest BCUT2D eigenvalue weighted by atomic mass is 15.6. The fourth-order valence-corrected chi connectivity index (χ4v) is 3.23. The zero-order valence-electron chi connectivity index (χ0n) is 11.8. The molecule has 0 aromatic carbocycles. The van der Waals surface area contributed by atoms with Gasteiger partial charge >= 0.3 is 0 Å². The van der Waals surface area contributed by atoms with E-state index in [1.165, 1.54) is 30.3 Å². The molecule has 0 bridgehead atoms. The van der Waals surface area contributed by atoms with Crippen LogP contribution in [0.15, 0.2) is 12.1 Å². The quantitative estimate of drug-likeness (QED) is 0.891. The van der Waals surface area contributed by atoms with Crippen LogP contribution in [0.2, 0.25) is 0 Å². The van der Waals surface area contributed by atoms with Crippen molar-refractivity contribution < 1.29 is 0 Å². The van der Waals surface area contributed by atoms with Gasteiger partial charge < -0.3 is 10.6 Å².